The lowest BCUT2D eigenvalue weighted by Crippen LogP contribution is -2.25. The molecule has 23 heavy (non-hydrogen) atoms. The summed E-state index contributed by atoms with van der Waals surface area (Å²) in [6, 6.07) is 10.7. The zero-order chi connectivity index (χ0) is 17.3. The third-order valence-corrected chi connectivity index (χ3v) is 8.70. The summed E-state index contributed by atoms with van der Waals surface area (Å²) in [5, 5.41) is 10.6. The zero-order valence-electron chi connectivity index (χ0n) is 11.4. The summed E-state index contributed by atoms with van der Waals surface area (Å²) in [4.78, 5) is 9.23. The first kappa shape index (κ1) is 17.4. The molecule has 0 aliphatic rings. The Kier molecular flexibility index (Phi) is 4.73. The molecule has 7 nitrogen and oxygen atoms in total. The minimum atomic E-state index is -4.43. The Bertz CT molecular complexity index is 924. The fraction of sp³-hybridized carbons (Fsp3) is 0.0769. The van der Waals surface area contributed by atoms with Gasteiger partial charge in [-0.05, 0) is 24.3 Å². The van der Waals surface area contributed by atoms with E-state index in [1.165, 1.54) is 24.3 Å². The molecule has 0 heterocycles. The number of rotatable bonds is 5. The number of sulfone groups is 2. The van der Waals surface area contributed by atoms with Gasteiger partial charge >= 0.3 is 0 Å². The lowest BCUT2D eigenvalue weighted by molar-refractivity contribution is -0.384. The van der Waals surface area contributed by atoms with Crippen LogP contribution in [0.2, 0.25) is 0 Å². The first-order valence-corrected chi connectivity index (χ1v) is 9.61. The Labute approximate surface area is 137 Å². The second-order valence-electron chi connectivity index (χ2n) is 4.43. The number of non-ortho nitro benzene ring substituents is 1. The van der Waals surface area contributed by atoms with Crippen molar-refractivity contribution in [2.24, 2.45) is 0 Å². The van der Waals surface area contributed by atoms with Gasteiger partial charge in [-0.15, -0.1) is 0 Å². The van der Waals surface area contributed by atoms with Crippen LogP contribution in [0.15, 0.2) is 64.4 Å². The summed E-state index contributed by atoms with van der Waals surface area (Å²) in [5.74, 6) is 0. The molecule has 0 saturated carbocycles. The molecule has 122 valence electrons. The Morgan fingerprint density at radius 1 is 0.826 bits per heavy atom. The van der Waals surface area contributed by atoms with Gasteiger partial charge in [0.25, 0.3) is 5.69 Å². The molecule has 0 aliphatic carbocycles. The van der Waals surface area contributed by atoms with Gasteiger partial charge in [0.05, 0.1) is 14.7 Å². The quantitative estimate of drug-likeness (QED) is 0.450. The molecule has 0 fully saturated rings. The van der Waals surface area contributed by atoms with Gasteiger partial charge in [0, 0.05) is 12.1 Å². The number of hydrogen-bond donors (Lipinski definition) is 0. The minimum Gasteiger partial charge on any atom is -0.258 e. The average molecular weight is 376 g/mol. The van der Waals surface area contributed by atoms with E-state index in [-0.39, 0.29) is 10.6 Å². The van der Waals surface area contributed by atoms with Crippen molar-refractivity contribution in [3.63, 3.8) is 0 Å². The number of nitro benzene ring substituents is 1. The molecule has 2 aromatic carbocycles. The molecule has 1 atom stereocenters. The van der Waals surface area contributed by atoms with Crippen LogP contribution in [-0.4, -0.2) is 25.8 Å². The van der Waals surface area contributed by atoms with E-state index in [4.69, 9.17) is 11.6 Å². The number of hydrogen-bond acceptors (Lipinski definition) is 6. The highest BCUT2D eigenvalue weighted by atomic mass is 35.5. The summed E-state index contributed by atoms with van der Waals surface area (Å²) in [6.45, 7) is 0. The smallest absolute Gasteiger partial charge is 0.258 e. The van der Waals surface area contributed by atoms with Crippen LogP contribution >= 0.6 is 11.6 Å². The summed E-state index contributed by atoms with van der Waals surface area (Å²) in [5.41, 5.74) is -0.319. The Morgan fingerprint density at radius 2 is 1.26 bits per heavy atom. The van der Waals surface area contributed by atoms with Gasteiger partial charge in [0.15, 0.2) is 0 Å². The largest absolute Gasteiger partial charge is 0.269 e. The zero-order valence-corrected chi connectivity index (χ0v) is 13.8. The molecule has 0 aromatic heterocycles. The molecule has 0 N–H and O–H groups in total. The van der Waals surface area contributed by atoms with E-state index in [2.05, 4.69) is 0 Å². The van der Waals surface area contributed by atoms with E-state index in [0.717, 1.165) is 24.3 Å². The van der Waals surface area contributed by atoms with Crippen molar-refractivity contribution in [3.05, 3.63) is 64.7 Å². The summed E-state index contributed by atoms with van der Waals surface area (Å²) >= 11 is 5.73. The topological polar surface area (TPSA) is 111 Å². The van der Waals surface area contributed by atoms with Crippen LogP contribution < -0.4 is 0 Å². The second kappa shape index (κ2) is 6.26. The van der Waals surface area contributed by atoms with Gasteiger partial charge in [-0.3, -0.25) is 10.1 Å². The molecular formula is C13H10ClNO6S2. The standard InChI is InChI=1S/C13H10ClNO6S2/c14-13(22(18,19)11-4-2-1-3-5-11)23(20,21)12-8-6-10(7-9-12)15(16)17/h1-9,13H. The van der Waals surface area contributed by atoms with Crippen molar-refractivity contribution in [1.82, 2.24) is 0 Å². The molecule has 0 spiro atoms. The van der Waals surface area contributed by atoms with Crippen molar-refractivity contribution in [3.8, 4) is 0 Å². The van der Waals surface area contributed by atoms with Gasteiger partial charge in [-0.25, -0.2) is 16.8 Å². The highest BCUT2D eigenvalue weighted by molar-refractivity contribution is 8.11. The van der Waals surface area contributed by atoms with Crippen LogP contribution in [0.5, 0.6) is 0 Å². The van der Waals surface area contributed by atoms with Crippen molar-refractivity contribution in [1.29, 1.82) is 0 Å². The third-order valence-electron chi connectivity index (χ3n) is 2.94. The van der Waals surface area contributed by atoms with Crippen LogP contribution in [-0.2, 0) is 19.7 Å². The Hall–Kier alpha value is -1.97. The molecule has 0 saturated heterocycles. The number of alkyl halides is 1. The fourth-order valence-electron chi connectivity index (χ4n) is 1.75. The van der Waals surface area contributed by atoms with Crippen molar-refractivity contribution >= 4 is 37.0 Å². The van der Waals surface area contributed by atoms with E-state index in [9.17, 15) is 26.9 Å². The highest BCUT2D eigenvalue weighted by Gasteiger charge is 2.38. The number of halogens is 1. The normalized spacial score (nSPS) is 13.4. The molecule has 10 heteroatoms. The van der Waals surface area contributed by atoms with Gasteiger partial charge in [-0.1, -0.05) is 29.8 Å². The monoisotopic (exact) mass is 375 g/mol. The maximum atomic E-state index is 12.4. The van der Waals surface area contributed by atoms with E-state index >= 15 is 0 Å². The first-order chi connectivity index (χ1) is 10.7. The Balaban J connectivity index is 2.45. The van der Waals surface area contributed by atoms with Crippen LogP contribution in [0.4, 0.5) is 5.69 Å². The van der Waals surface area contributed by atoms with Crippen LogP contribution in [0, 0.1) is 10.1 Å². The number of nitro groups is 1. The van der Waals surface area contributed by atoms with E-state index in [0.29, 0.717) is 0 Å². The van der Waals surface area contributed by atoms with Gasteiger partial charge in [0.1, 0.15) is 0 Å². The maximum absolute atomic E-state index is 12.4. The van der Waals surface area contributed by atoms with Gasteiger partial charge in [-0.2, -0.15) is 0 Å². The van der Waals surface area contributed by atoms with Crippen LogP contribution in [0.1, 0.15) is 0 Å². The fourth-order valence-corrected chi connectivity index (χ4v) is 5.85. The lowest BCUT2D eigenvalue weighted by atomic mass is 10.3. The lowest BCUT2D eigenvalue weighted by Gasteiger charge is -2.12. The van der Waals surface area contributed by atoms with Crippen LogP contribution in [0.25, 0.3) is 0 Å². The maximum Gasteiger partial charge on any atom is 0.269 e. The molecule has 2 aromatic rings. The summed E-state index contributed by atoms with van der Waals surface area (Å²) < 4.78 is 47.1. The number of benzene rings is 2. The summed E-state index contributed by atoms with van der Waals surface area (Å²) in [6.07, 6.45) is 0. The summed E-state index contributed by atoms with van der Waals surface area (Å²) in [7, 11) is -8.76. The van der Waals surface area contributed by atoms with E-state index in [1.807, 2.05) is 0 Å². The molecule has 1 unspecified atom stereocenters. The third kappa shape index (κ3) is 3.36. The molecular weight excluding hydrogens is 366 g/mol. The SMILES string of the molecule is O=[N+]([O-])c1ccc(S(=O)(=O)C(Cl)S(=O)(=O)c2ccccc2)cc1. The predicted octanol–water partition coefficient (Wildman–Crippen LogP) is 2.36. The molecule has 2 rings (SSSR count). The molecule has 0 amide bonds. The number of nitrogens with zero attached hydrogens (tertiary/aromatic N) is 1. The molecule has 0 radical (unpaired) electrons. The van der Waals surface area contributed by atoms with E-state index < -0.39 is 33.5 Å². The second-order valence-corrected chi connectivity index (χ2v) is 9.75. The van der Waals surface area contributed by atoms with Crippen molar-refractivity contribution < 1.29 is 21.8 Å². The Morgan fingerprint density at radius 3 is 1.70 bits per heavy atom. The molecule has 0 aliphatic heterocycles. The van der Waals surface area contributed by atoms with E-state index in [1.54, 1.807) is 6.07 Å². The molecule has 0 bridgehead atoms. The predicted molar refractivity (Wildman–Crippen MR) is 83.6 cm³/mol. The minimum absolute atomic E-state index is 0.231. The van der Waals surface area contributed by atoms with Gasteiger partial charge < -0.3 is 0 Å². The first-order valence-electron chi connectivity index (χ1n) is 6.09. The van der Waals surface area contributed by atoms with Crippen molar-refractivity contribution in [2.45, 2.75) is 13.8 Å². The van der Waals surface area contributed by atoms with Crippen LogP contribution in [0.3, 0.4) is 0 Å². The average Bonchev–Trinajstić information content (AvgIpc) is 2.55. The highest BCUT2D eigenvalue weighted by Crippen LogP contribution is 2.29. The van der Waals surface area contributed by atoms with Gasteiger partial charge in [0.2, 0.25) is 23.7 Å². The van der Waals surface area contributed by atoms with Crippen molar-refractivity contribution in [2.75, 3.05) is 0 Å².